The van der Waals surface area contributed by atoms with Crippen LogP contribution in [0, 0.1) is 6.92 Å². The van der Waals surface area contributed by atoms with Crippen LogP contribution in [0.1, 0.15) is 11.3 Å². The number of hydrogen-bond donors (Lipinski definition) is 1. The number of rotatable bonds is 3. The normalized spacial score (nSPS) is 11.4. The number of nitrogens with one attached hydrogen (secondary N) is 1. The molecular formula is C16H15N3O. The van der Waals surface area contributed by atoms with Gasteiger partial charge < -0.3 is 4.98 Å². The van der Waals surface area contributed by atoms with Gasteiger partial charge in [-0.05, 0) is 36.8 Å². The van der Waals surface area contributed by atoms with Crippen molar-refractivity contribution in [2.75, 3.05) is 0 Å². The van der Waals surface area contributed by atoms with Crippen molar-refractivity contribution in [2.45, 2.75) is 13.5 Å². The van der Waals surface area contributed by atoms with E-state index in [1.54, 1.807) is 4.57 Å². The Bertz CT molecular complexity index is 810. The van der Waals surface area contributed by atoms with Gasteiger partial charge in [-0.2, -0.15) is 0 Å². The third-order valence-electron chi connectivity index (χ3n) is 3.19. The molecule has 0 unspecified atom stereocenters. The number of benzene rings is 1. The fraction of sp³-hybridized carbons (Fsp3) is 0.125. The Balaban J connectivity index is 1.85. The van der Waals surface area contributed by atoms with E-state index in [-0.39, 0.29) is 5.69 Å². The largest absolute Gasteiger partial charge is 0.326 e. The second-order valence-corrected chi connectivity index (χ2v) is 4.72. The number of aromatic amines is 1. The first-order valence-electron chi connectivity index (χ1n) is 6.51. The molecule has 0 amide bonds. The summed E-state index contributed by atoms with van der Waals surface area (Å²) in [7, 11) is 0. The Hall–Kier alpha value is -2.62. The lowest BCUT2D eigenvalue weighted by atomic mass is 10.2. The summed E-state index contributed by atoms with van der Waals surface area (Å²) >= 11 is 0. The molecule has 4 nitrogen and oxygen atoms in total. The summed E-state index contributed by atoms with van der Waals surface area (Å²) in [6.45, 7) is 2.53. The molecule has 20 heavy (non-hydrogen) atoms. The monoisotopic (exact) mass is 265 g/mol. The molecular weight excluding hydrogens is 250 g/mol. The first-order chi connectivity index (χ1) is 9.74. The molecule has 0 spiro atoms. The number of fused-ring (bicyclic) bond motifs is 1. The van der Waals surface area contributed by atoms with Crippen molar-refractivity contribution in [3.8, 4) is 0 Å². The van der Waals surface area contributed by atoms with Gasteiger partial charge in [0.15, 0.2) is 0 Å². The molecule has 2 aromatic heterocycles. The van der Waals surface area contributed by atoms with Crippen LogP contribution in [0.4, 0.5) is 0 Å². The SMILES string of the molecule is Cc1ccc(/C=C/Cn2c(=O)[nH]c3ccccc32)nc1. The van der Waals surface area contributed by atoms with Crippen LogP contribution in [-0.2, 0) is 6.54 Å². The second kappa shape index (κ2) is 5.17. The first-order valence-corrected chi connectivity index (χ1v) is 6.51. The van der Waals surface area contributed by atoms with E-state index in [9.17, 15) is 4.79 Å². The number of para-hydroxylation sites is 2. The van der Waals surface area contributed by atoms with Gasteiger partial charge >= 0.3 is 5.69 Å². The predicted molar refractivity (Wildman–Crippen MR) is 80.6 cm³/mol. The van der Waals surface area contributed by atoms with Gasteiger partial charge in [0, 0.05) is 12.7 Å². The highest BCUT2D eigenvalue weighted by Crippen LogP contribution is 2.09. The topological polar surface area (TPSA) is 50.7 Å². The van der Waals surface area contributed by atoms with Gasteiger partial charge in [0.2, 0.25) is 0 Å². The number of pyridine rings is 1. The Morgan fingerprint density at radius 1 is 1.25 bits per heavy atom. The van der Waals surface area contributed by atoms with E-state index in [2.05, 4.69) is 9.97 Å². The molecule has 0 saturated heterocycles. The van der Waals surface area contributed by atoms with Gasteiger partial charge in [0.1, 0.15) is 0 Å². The van der Waals surface area contributed by atoms with Gasteiger partial charge in [0.25, 0.3) is 0 Å². The lowest BCUT2D eigenvalue weighted by Gasteiger charge is -1.98. The zero-order valence-corrected chi connectivity index (χ0v) is 11.2. The molecule has 2 heterocycles. The van der Waals surface area contributed by atoms with Gasteiger partial charge in [-0.25, -0.2) is 4.79 Å². The van der Waals surface area contributed by atoms with E-state index in [1.807, 2.05) is 61.7 Å². The molecule has 0 atom stereocenters. The number of aryl methyl sites for hydroxylation is 1. The number of allylic oxidation sites excluding steroid dienone is 1. The van der Waals surface area contributed by atoms with E-state index in [4.69, 9.17) is 0 Å². The smallest absolute Gasteiger partial charge is 0.306 e. The number of H-pyrrole nitrogens is 1. The van der Waals surface area contributed by atoms with E-state index in [0.29, 0.717) is 6.54 Å². The Morgan fingerprint density at radius 2 is 2.10 bits per heavy atom. The van der Waals surface area contributed by atoms with Crippen molar-refractivity contribution < 1.29 is 0 Å². The maximum absolute atomic E-state index is 11.9. The highest BCUT2D eigenvalue weighted by Gasteiger charge is 2.03. The van der Waals surface area contributed by atoms with Crippen LogP contribution in [0.5, 0.6) is 0 Å². The lowest BCUT2D eigenvalue weighted by molar-refractivity contribution is 0.810. The van der Waals surface area contributed by atoms with Crippen LogP contribution in [0.15, 0.2) is 53.5 Å². The van der Waals surface area contributed by atoms with Crippen LogP contribution in [0.3, 0.4) is 0 Å². The average Bonchev–Trinajstić information content (AvgIpc) is 2.77. The van der Waals surface area contributed by atoms with Gasteiger partial charge in [-0.15, -0.1) is 0 Å². The third-order valence-corrected chi connectivity index (χ3v) is 3.19. The summed E-state index contributed by atoms with van der Waals surface area (Å²) in [6.07, 6.45) is 5.70. The fourth-order valence-electron chi connectivity index (χ4n) is 2.14. The van der Waals surface area contributed by atoms with E-state index >= 15 is 0 Å². The van der Waals surface area contributed by atoms with E-state index in [0.717, 1.165) is 22.3 Å². The quantitative estimate of drug-likeness (QED) is 0.791. The molecule has 0 aliphatic carbocycles. The van der Waals surface area contributed by atoms with Gasteiger partial charge in [-0.3, -0.25) is 9.55 Å². The van der Waals surface area contributed by atoms with Gasteiger partial charge in [0.05, 0.1) is 16.7 Å². The summed E-state index contributed by atoms with van der Waals surface area (Å²) in [6, 6.07) is 11.7. The van der Waals surface area contributed by atoms with Crippen LogP contribution in [0.25, 0.3) is 17.1 Å². The Labute approximate surface area is 116 Å². The summed E-state index contributed by atoms with van der Waals surface area (Å²) < 4.78 is 1.71. The summed E-state index contributed by atoms with van der Waals surface area (Å²) in [4.78, 5) is 19.0. The highest BCUT2D eigenvalue weighted by molar-refractivity contribution is 5.75. The third kappa shape index (κ3) is 2.40. The molecule has 0 aliphatic heterocycles. The Morgan fingerprint density at radius 3 is 2.90 bits per heavy atom. The molecule has 4 heteroatoms. The van der Waals surface area contributed by atoms with Crippen molar-refractivity contribution in [3.05, 3.63) is 70.4 Å². The molecule has 0 aliphatic rings. The predicted octanol–water partition coefficient (Wildman–Crippen LogP) is 2.75. The minimum Gasteiger partial charge on any atom is -0.306 e. The minimum atomic E-state index is -0.0901. The van der Waals surface area contributed by atoms with Crippen LogP contribution < -0.4 is 5.69 Å². The fourth-order valence-corrected chi connectivity index (χ4v) is 2.14. The zero-order chi connectivity index (χ0) is 13.9. The molecule has 100 valence electrons. The van der Waals surface area contributed by atoms with Crippen molar-refractivity contribution in [1.29, 1.82) is 0 Å². The lowest BCUT2D eigenvalue weighted by Crippen LogP contribution is -2.15. The number of imidazole rings is 1. The van der Waals surface area contributed by atoms with Crippen molar-refractivity contribution >= 4 is 17.1 Å². The summed E-state index contributed by atoms with van der Waals surface area (Å²) in [5.74, 6) is 0. The zero-order valence-electron chi connectivity index (χ0n) is 11.2. The summed E-state index contributed by atoms with van der Waals surface area (Å²) in [5.41, 5.74) is 3.71. The number of nitrogens with zero attached hydrogens (tertiary/aromatic N) is 2. The van der Waals surface area contributed by atoms with E-state index < -0.39 is 0 Å². The van der Waals surface area contributed by atoms with Crippen LogP contribution in [-0.4, -0.2) is 14.5 Å². The number of aromatic nitrogens is 3. The maximum Gasteiger partial charge on any atom is 0.326 e. The minimum absolute atomic E-state index is 0.0901. The first kappa shape index (κ1) is 12.4. The second-order valence-electron chi connectivity index (χ2n) is 4.72. The molecule has 3 rings (SSSR count). The molecule has 0 fully saturated rings. The molecule has 3 aromatic rings. The highest BCUT2D eigenvalue weighted by atomic mass is 16.1. The maximum atomic E-state index is 11.9. The van der Waals surface area contributed by atoms with E-state index in [1.165, 1.54) is 0 Å². The van der Waals surface area contributed by atoms with Crippen molar-refractivity contribution in [1.82, 2.24) is 14.5 Å². The van der Waals surface area contributed by atoms with Crippen LogP contribution in [0.2, 0.25) is 0 Å². The molecule has 0 saturated carbocycles. The Kier molecular flexibility index (Phi) is 3.21. The molecule has 1 aromatic carbocycles. The van der Waals surface area contributed by atoms with Crippen LogP contribution >= 0.6 is 0 Å². The number of hydrogen-bond acceptors (Lipinski definition) is 2. The molecule has 0 bridgehead atoms. The van der Waals surface area contributed by atoms with Crippen molar-refractivity contribution in [2.24, 2.45) is 0 Å². The molecule has 0 radical (unpaired) electrons. The van der Waals surface area contributed by atoms with Crippen molar-refractivity contribution in [3.63, 3.8) is 0 Å². The molecule has 1 N–H and O–H groups in total. The average molecular weight is 265 g/mol. The van der Waals surface area contributed by atoms with Gasteiger partial charge in [-0.1, -0.05) is 24.3 Å². The summed E-state index contributed by atoms with van der Waals surface area (Å²) in [5, 5.41) is 0. The standard InChI is InChI=1S/C16H15N3O/c1-12-8-9-13(17-11-12)5-4-10-19-15-7-3-2-6-14(15)18-16(19)20/h2-9,11H,10H2,1H3,(H,18,20)/b5-4+.